The number of nitrogens with one attached hydrogen (secondary N) is 1. The largest absolute Gasteiger partial charge is 0.497 e. The molecule has 1 rings (SSSR count). The van der Waals surface area contributed by atoms with Crippen molar-refractivity contribution in [1.82, 2.24) is 5.48 Å². The van der Waals surface area contributed by atoms with E-state index in [0.717, 1.165) is 11.3 Å². The summed E-state index contributed by atoms with van der Waals surface area (Å²) in [6, 6.07) is 7.51. The molecule has 0 radical (unpaired) electrons. The Bertz CT molecular complexity index is 359. The number of amides is 1. The lowest BCUT2D eigenvalue weighted by Gasteiger charge is -2.20. The van der Waals surface area contributed by atoms with Crippen molar-refractivity contribution >= 4 is 5.91 Å². The fourth-order valence-corrected chi connectivity index (χ4v) is 1.81. The van der Waals surface area contributed by atoms with Crippen molar-refractivity contribution in [3.05, 3.63) is 29.8 Å². The fraction of sp³-hybridized carbons (Fsp3) is 0.462. The molecule has 17 heavy (non-hydrogen) atoms. The Kier molecular flexibility index (Phi) is 4.97. The maximum atomic E-state index is 11.9. The molecule has 1 amide bonds. The lowest BCUT2D eigenvalue weighted by atomic mass is 9.88. The number of methoxy groups -OCH3 is 1. The van der Waals surface area contributed by atoms with Gasteiger partial charge in [0.15, 0.2) is 0 Å². The molecule has 1 atom stereocenters. The minimum atomic E-state index is -0.221. The highest BCUT2D eigenvalue weighted by Crippen LogP contribution is 2.26. The molecule has 0 aromatic heterocycles. The van der Waals surface area contributed by atoms with Crippen molar-refractivity contribution < 1.29 is 14.4 Å². The van der Waals surface area contributed by atoms with E-state index in [2.05, 4.69) is 10.3 Å². The van der Waals surface area contributed by atoms with E-state index in [1.807, 2.05) is 38.1 Å². The normalized spacial score (nSPS) is 12.3. The highest BCUT2D eigenvalue weighted by atomic mass is 16.6. The third-order valence-electron chi connectivity index (χ3n) is 2.63. The van der Waals surface area contributed by atoms with Crippen LogP contribution in [0.1, 0.15) is 25.3 Å². The van der Waals surface area contributed by atoms with E-state index >= 15 is 0 Å². The average molecular weight is 237 g/mol. The van der Waals surface area contributed by atoms with E-state index in [4.69, 9.17) is 4.74 Å². The molecule has 0 fully saturated rings. The van der Waals surface area contributed by atoms with Crippen molar-refractivity contribution in [3.8, 4) is 5.75 Å². The van der Waals surface area contributed by atoms with Crippen LogP contribution in [-0.4, -0.2) is 20.1 Å². The van der Waals surface area contributed by atoms with E-state index in [-0.39, 0.29) is 17.7 Å². The van der Waals surface area contributed by atoms with Gasteiger partial charge in [-0.05, 0) is 23.6 Å². The summed E-state index contributed by atoms with van der Waals surface area (Å²) in [4.78, 5) is 16.5. The van der Waals surface area contributed by atoms with Gasteiger partial charge in [-0.1, -0.05) is 26.0 Å². The van der Waals surface area contributed by atoms with Crippen LogP contribution in [0.4, 0.5) is 0 Å². The summed E-state index contributed by atoms with van der Waals surface area (Å²) >= 11 is 0. The van der Waals surface area contributed by atoms with Gasteiger partial charge in [-0.2, -0.15) is 0 Å². The van der Waals surface area contributed by atoms with E-state index in [9.17, 15) is 4.79 Å². The zero-order chi connectivity index (χ0) is 12.8. The van der Waals surface area contributed by atoms with Crippen molar-refractivity contribution in [2.24, 2.45) is 5.92 Å². The van der Waals surface area contributed by atoms with Crippen molar-refractivity contribution in [2.75, 3.05) is 14.2 Å². The lowest BCUT2D eigenvalue weighted by Crippen LogP contribution is -2.31. The second-order valence-corrected chi connectivity index (χ2v) is 4.17. The van der Waals surface area contributed by atoms with Gasteiger partial charge in [0, 0.05) is 0 Å². The van der Waals surface area contributed by atoms with Crippen LogP contribution in [0, 0.1) is 5.92 Å². The number of hydrogen-bond donors (Lipinski definition) is 1. The first-order chi connectivity index (χ1) is 8.10. The maximum absolute atomic E-state index is 11.9. The van der Waals surface area contributed by atoms with Gasteiger partial charge in [0.25, 0.3) is 5.91 Å². The lowest BCUT2D eigenvalue weighted by molar-refractivity contribution is -0.133. The Morgan fingerprint density at radius 1 is 1.18 bits per heavy atom. The summed E-state index contributed by atoms with van der Waals surface area (Å²) in [5.41, 5.74) is 3.34. The van der Waals surface area contributed by atoms with Gasteiger partial charge in [0.05, 0.1) is 20.1 Å². The number of ether oxygens (including phenoxy) is 1. The Morgan fingerprint density at radius 2 is 1.76 bits per heavy atom. The number of carbonyl (C=O) groups excluding carboxylic acids is 1. The molecule has 1 unspecified atom stereocenters. The van der Waals surface area contributed by atoms with Gasteiger partial charge >= 0.3 is 0 Å². The van der Waals surface area contributed by atoms with Gasteiger partial charge in [-0.3, -0.25) is 9.63 Å². The molecule has 0 spiro atoms. The van der Waals surface area contributed by atoms with Gasteiger partial charge in [-0.15, -0.1) is 0 Å². The molecule has 1 aromatic carbocycles. The molecule has 0 saturated carbocycles. The Balaban J connectivity index is 2.93. The van der Waals surface area contributed by atoms with Gasteiger partial charge in [0.2, 0.25) is 0 Å². The molecule has 0 aliphatic rings. The summed E-state index contributed by atoms with van der Waals surface area (Å²) in [6.07, 6.45) is 0. The maximum Gasteiger partial charge on any atom is 0.251 e. The van der Waals surface area contributed by atoms with E-state index in [0.29, 0.717) is 0 Å². The van der Waals surface area contributed by atoms with Crippen molar-refractivity contribution in [2.45, 2.75) is 19.8 Å². The van der Waals surface area contributed by atoms with E-state index in [1.54, 1.807) is 7.11 Å². The van der Waals surface area contributed by atoms with Crippen LogP contribution in [0.3, 0.4) is 0 Å². The Labute approximate surface area is 102 Å². The number of hydrogen-bond acceptors (Lipinski definition) is 3. The first-order valence-corrected chi connectivity index (χ1v) is 5.57. The number of rotatable bonds is 5. The van der Waals surface area contributed by atoms with Crippen LogP contribution in [0.25, 0.3) is 0 Å². The molecule has 0 saturated heterocycles. The van der Waals surface area contributed by atoms with Crippen LogP contribution in [0.2, 0.25) is 0 Å². The molecule has 4 nitrogen and oxygen atoms in total. The molecule has 1 N–H and O–H groups in total. The number of hydroxylamine groups is 1. The van der Waals surface area contributed by atoms with E-state index < -0.39 is 0 Å². The molecule has 0 aliphatic carbocycles. The Morgan fingerprint density at radius 3 is 2.18 bits per heavy atom. The summed E-state index contributed by atoms with van der Waals surface area (Å²) in [7, 11) is 3.05. The monoisotopic (exact) mass is 237 g/mol. The molecular formula is C13H19NO3. The second kappa shape index (κ2) is 6.25. The van der Waals surface area contributed by atoms with E-state index in [1.165, 1.54) is 7.11 Å². The topological polar surface area (TPSA) is 47.6 Å². The summed E-state index contributed by atoms with van der Waals surface area (Å²) in [5, 5.41) is 0. The standard InChI is InChI=1S/C13H19NO3/c1-9(2)12(13(15)14-17-4)10-5-7-11(16-3)8-6-10/h5-9,12H,1-4H3,(H,14,15). The van der Waals surface area contributed by atoms with Crippen LogP contribution >= 0.6 is 0 Å². The summed E-state index contributed by atoms with van der Waals surface area (Å²) < 4.78 is 5.09. The zero-order valence-electron chi connectivity index (χ0n) is 10.7. The molecule has 4 heteroatoms. The molecular weight excluding hydrogens is 218 g/mol. The zero-order valence-corrected chi connectivity index (χ0v) is 10.7. The van der Waals surface area contributed by atoms with Crippen LogP contribution in [-0.2, 0) is 9.63 Å². The molecule has 0 bridgehead atoms. The molecule has 1 aromatic rings. The predicted molar refractivity (Wildman–Crippen MR) is 65.7 cm³/mol. The first kappa shape index (κ1) is 13.5. The first-order valence-electron chi connectivity index (χ1n) is 5.57. The predicted octanol–water partition coefficient (Wildman–Crippen LogP) is 2.11. The van der Waals surface area contributed by atoms with Crippen LogP contribution < -0.4 is 10.2 Å². The number of carbonyl (C=O) groups is 1. The van der Waals surface area contributed by atoms with Crippen LogP contribution in [0.5, 0.6) is 5.75 Å². The highest BCUT2D eigenvalue weighted by Gasteiger charge is 2.24. The number of benzene rings is 1. The minimum Gasteiger partial charge on any atom is -0.497 e. The minimum absolute atomic E-state index is 0.132. The molecule has 0 heterocycles. The van der Waals surface area contributed by atoms with Gasteiger partial charge in [-0.25, -0.2) is 5.48 Å². The second-order valence-electron chi connectivity index (χ2n) is 4.17. The SMILES string of the molecule is CONC(=O)C(c1ccc(OC)cc1)C(C)C. The smallest absolute Gasteiger partial charge is 0.251 e. The third kappa shape index (κ3) is 3.46. The average Bonchev–Trinajstić information content (AvgIpc) is 2.30. The van der Waals surface area contributed by atoms with Gasteiger partial charge in [0.1, 0.15) is 5.75 Å². The Hall–Kier alpha value is -1.55. The highest BCUT2D eigenvalue weighted by molar-refractivity contribution is 5.83. The van der Waals surface area contributed by atoms with Crippen molar-refractivity contribution in [3.63, 3.8) is 0 Å². The molecule has 0 aliphatic heterocycles. The molecule has 94 valence electrons. The van der Waals surface area contributed by atoms with Crippen molar-refractivity contribution in [1.29, 1.82) is 0 Å². The van der Waals surface area contributed by atoms with Crippen LogP contribution in [0.15, 0.2) is 24.3 Å². The quantitative estimate of drug-likeness (QED) is 0.798. The van der Waals surface area contributed by atoms with Gasteiger partial charge < -0.3 is 4.74 Å². The summed E-state index contributed by atoms with van der Waals surface area (Å²) in [6.45, 7) is 4.01. The third-order valence-corrected chi connectivity index (χ3v) is 2.63. The summed E-state index contributed by atoms with van der Waals surface area (Å²) in [5.74, 6) is 0.621. The fourth-order valence-electron chi connectivity index (χ4n) is 1.81.